The van der Waals surface area contributed by atoms with Gasteiger partial charge in [0.1, 0.15) is 12.4 Å². The Bertz CT molecular complexity index is 435. The molecule has 1 aromatic rings. The van der Waals surface area contributed by atoms with Gasteiger partial charge in [0, 0.05) is 6.54 Å². The van der Waals surface area contributed by atoms with E-state index in [1.54, 1.807) is 0 Å². The highest BCUT2D eigenvalue weighted by atomic mass is 127. The number of ether oxygens (including phenoxy) is 1. The quantitative estimate of drug-likeness (QED) is 0.324. The summed E-state index contributed by atoms with van der Waals surface area (Å²) in [6.07, 6.45) is -3.42. The summed E-state index contributed by atoms with van der Waals surface area (Å²) in [5.74, 6) is 0.715. The zero-order chi connectivity index (χ0) is 15.0. The van der Waals surface area contributed by atoms with Crippen molar-refractivity contribution in [3.05, 3.63) is 29.8 Å². The molecule has 1 aromatic carbocycles. The molecule has 4 nitrogen and oxygen atoms in total. The third-order valence-electron chi connectivity index (χ3n) is 2.36. The average molecular weight is 417 g/mol. The molecule has 0 saturated carbocycles. The Balaban J connectivity index is 0.00000400. The van der Waals surface area contributed by atoms with Gasteiger partial charge in [-0.25, -0.2) is 0 Å². The van der Waals surface area contributed by atoms with Crippen molar-refractivity contribution in [3.63, 3.8) is 0 Å². The van der Waals surface area contributed by atoms with Crippen LogP contribution in [0.25, 0.3) is 0 Å². The molecule has 0 aliphatic heterocycles. The number of benzene rings is 1. The first kappa shape index (κ1) is 19.8. The van der Waals surface area contributed by atoms with E-state index in [1.807, 2.05) is 6.92 Å². The molecule has 0 aromatic heterocycles. The Morgan fingerprint density at radius 3 is 2.43 bits per heavy atom. The SMILES string of the molecule is CCCN=C(N)NCCOc1ccc(C(F)(F)F)cc1.I. The second-order valence-corrected chi connectivity index (χ2v) is 4.06. The molecular weight excluding hydrogens is 398 g/mol. The van der Waals surface area contributed by atoms with E-state index < -0.39 is 11.7 Å². The lowest BCUT2D eigenvalue weighted by Gasteiger charge is -2.10. The Labute approximate surface area is 139 Å². The fourth-order valence-corrected chi connectivity index (χ4v) is 1.38. The van der Waals surface area contributed by atoms with E-state index >= 15 is 0 Å². The molecule has 3 N–H and O–H groups in total. The molecule has 0 heterocycles. The number of guanidine groups is 1. The van der Waals surface area contributed by atoms with Crippen LogP contribution in [0.15, 0.2) is 29.3 Å². The minimum Gasteiger partial charge on any atom is -0.492 e. The summed E-state index contributed by atoms with van der Waals surface area (Å²) in [6, 6.07) is 4.55. The molecular formula is C13H19F3IN3O. The number of rotatable bonds is 6. The lowest BCUT2D eigenvalue weighted by Crippen LogP contribution is -2.34. The van der Waals surface area contributed by atoms with Crippen molar-refractivity contribution in [1.82, 2.24) is 5.32 Å². The molecule has 0 amide bonds. The maximum absolute atomic E-state index is 12.3. The van der Waals surface area contributed by atoms with Crippen molar-refractivity contribution in [3.8, 4) is 5.75 Å². The van der Waals surface area contributed by atoms with E-state index in [2.05, 4.69) is 10.3 Å². The molecule has 0 bridgehead atoms. The largest absolute Gasteiger partial charge is 0.492 e. The second-order valence-electron chi connectivity index (χ2n) is 4.06. The fourth-order valence-electron chi connectivity index (χ4n) is 1.38. The van der Waals surface area contributed by atoms with Crippen LogP contribution in [0.5, 0.6) is 5.75 Å². The van der Waals surface area contributed by atoms with Gasteiger partial charge in [-0.05, 0) is 30.7 Å². The topological polar surface area (TPSA) is 59.6 Å². The summed E-state index contributed by atoms with van der Waals surface area (Å²) >= 11 is 0. The van der Waals surface area contributed by atoms with E-state index in [-0.39, 0.29) is 30.6 Å². The number of nitrogens with two attached hydrogens (primary N) is 1. The monoisotopic (exact) mass is 417 g/mol. The number of alkyl halides is 3. The van der Waals surface area contributed by atoms with E-state index in [9.17, 15) is 13.2 Å². The first-order chi connectivity index (χ1) is 9.43. The summed E-state index contributed by atoms with van der Waals surface area (Å²) in [5, 5.41) is 2.85. The zero-order valence-electron chi connectivity index (χ0n) is 11.6. The van der Waals surface area contributed by atoms with E-state index in [0.717, 1.165) is 18.6 Å². The molecule has 0 atom stereocenters. The molecule has 8 heteroatoms. The summed E-state index contributed by atoms with van der Waals surface area (Å²) in [7, 11) is 0. The third kappa shape index (κ3) is 7.98. The maximum Gasteiger partial charge on any atom is 0.416 e. The van der Waals surface area contributed by atoms with Gasteiger partial charge in [-0.15, -0.1) is 24.0 Å². The van der Waals surface area contributed by atoms with Gasteiger partial charge in [0.05, 0.1) is 12.1 Å². The number of nitrogens with zero attached hydrogens (tertiary/aromatic N) is 1. The summed E-state index contributed by atoms with van der Waals surface area (Å²) in [5.41, 5.74) is 4.87. The minimum absolute atomic E-state index is 0. The number of aliphatic imine (C=N–C) groups is 1. The molecule has 0 radical (unpaired) electrons. The maximum atomic E-state index is 12.3. The van der Waals surface area contributed by atoms with Crippen molar-refractivity contribution in [1.29, 1.82) is 0 Å². The predicted molar refractivity (Wildman–Crippen MR) is 87.1 cm³/mol. The van der Waals surface area contributed by atoms with Crippen LogP contribution in [0.1, 0.15) is 18.9 Å². The minimum atomic E-state index is -4.33. The van der Waals surface area contributed by atoms with E-state index in [1.165, 1.54) is 12.1 Å². The van der Waals surface area contributed by atoms with Gasteiger partial charge in [0.25, 0.3) is 0 Å². The van der Waals surface area contributed by atoms with Gasteiger partial charge >= 0.3 is 6.18 Å². The lowest BCUT2D eigenvalue weighted by atomic mass is 10.2. The third-order valence-corrected chi connectivity index (χ3v) is 2.36. The van der Waals surface area contributed by atoms with Gasteiger partial charge in [-0.2, -0.15) is 13.2 Å². The molecule has 0 unspecified atom stereocenters. The van der Waals surface area contributed by atoms with Gasteiger partial charge in [0.2, 0.25) is 0 Å². The van der Waals surface area contributed by atoms with Crippen LogP contribution in [0.4, 0.5) is 13.2 Å². The van der Waals surface area contributed by atoms with Crippen molar-refractivity contribution >= 4 is 29.9 Å². The van der Waals surface area contributed by atoms with Gasteiger partial charge < -0.3 is 15.8 Å². The van der Waals surface area contributed by atoms with Gasteiger partial charge in [0.15, 0.2) is 5.96 Å². The Morgan fingerprint density at radius 2 is 1.90 bits per heavy atom. The standard InChI is InChI=1S/C13H18F3N3O.HI/c1-2-7-18-12(17)19-8-9-20-11-5-3-10(4-6-11)13(14,15)16;/h3-6H,2,7-9H2,1H3,(H3,17,18,19);1H. The van der Waals surface area contributed by atoms with Gasteiger partial charge in [-0.3, -0.25) is 4.99 Å². The van der Waals surface area contributed by atoms with Crippen LogP contribution in [-0.4, -0.2) is 25.7 Å². The highest BCUT2D eigenvalue weighted by Crippen LogP contribution is 2.30. The lowest BCUT2D eigenvalue weighted by molar-refractivity contribution is -0.137. The van der Waals surface area contributed by atoms with Crippen LogP contribution >= 0.6 is 24.0 Å². The second kappa shape index (κ2) is 9.69. The highest BCUT2D eigenvalue weighted by Gasteiger charge is 2.29. The van der Waals surface area contributed by atoms with Crippen LogP contribution in [0.3, 0.4) is 0 Å². The van der Waals surface area contributed by atoms with Crippen LogP contribution < -0.4 is 15.8 Å². The van der Waals surface area contributed by atoms with Crippen LogP contribution in [-0.2, 0) is 6.18 Å². The first-order valence-electron chi connectivity index (χ1n) is 6.27. The molecule has 120 valence electrons. The van der Waals surface area contributed by atoms with E-state index in [0.29, 0.717) is 24.8 Å². The molecule has 1 rings (SSSR count). The van der Waals surface area contributed by atoms with Crippen molar-refractivity contribution < 1.29 is 17.9 Å². The Hall–Kier alpha value is -1.19. The molecule has 0 fully saturated rings. The summed E-state index contributed by atoms with van der Waals surface area (Å²) in [6.45, 7) is 3.36. The highest BCUT2D eigenvalue weighted by molar-refractivity contribution is 14.0. The van der Waals surface area contributed by atoms with Crippen LogP contribution in [0, 0.1) is 0 Å². The van der Waals surface area contributed by atoms with Crippen molar-refractivity contribution in [2.24, 2.45) is 10.7 Å². The normalized spacial score (nSPS) is 11.7. The van der Waals surface area contributed by atoms with Crippen molar-refractivity contribution in [2.75, 3.05) is 19.7 Å². The molecule has 21 heavy (non-hydrogen) atoms. The number of hydrogen-bond acceptors (Lipinski definition) is 2. The predicted octanol–water partition coefficient (Wildman–Crippen LogP) is 3.02. The number of hydrogen-bond donors (Lipinski definition) is 2. The average Bonchev–Trinajstić information content (AvgIpc) is 2.41. The molecule has 0 saturated heterocycles. The Kier molecular flexibility index (Phi) is 9.14. The molecule has 0 aliphatic rings. The molecule has 0 spiro atoms. The zero-order valence-corrected chi connectivity index (χ0v) is 13.9. The van der Waals surface area contributed by atoms with Crippen LogP contribution in [0.2, 0.25) is 0 Å². The smallest absolute Gasteiger partial charge is 0.416 e. The molecule has 0 aliphatic carbocycles. The number of nitrogens with one attached hydrogen (secondary N) is 1. The fraction of sp³-hybridized carbons (Fsp3) is 0.462. The van der Waals surface area contributed by atoms with Gasteiger partial charge in [-0.1, -0.05) is 6.92 Å². The summed E-state index contributed by atoms with van der Waals surface area (Å²) < 4.78 is 42.3. The Morgan fingerprint density at radius 1 is 1.29 bits per heavy atom. The number of halogens is 4. The summed E-state index contributed by atoms with van der Waals surface area (Å²) in [4.78, 5) is 4.03. The first-order valence-corrected chi connectivity index (χ1v) is 6.27. The van der Waals surface area contributed by atoms with Crippen molar-refractivity contribution in [2.45, 2.75) is 19.5 Å². The van der Waals surface area contributed by atoms with E-state index in [4.69, 9.17) is 10.5 Å².